The molecule has 30 heavy (non-hydrogen) atoms. The van der Waals surface area contributed by atoms with Crippen molar-refractivity contribution in [3.8, 4) is 5.69 Å². The number of halogens is 2. The van der Waals surface area contributed by atoms with Crippen LogP contribution in [-0.2, 0) is 13.1 Å². The van der Waals surface area contributed by atoms with E-state index in [1.54, 1.807) is 41.0 Å². The fraction of sp³-hybridized carbons (Fsp3) is 0.227. The smallest absolute Gasteiger partial charge is 0.320 e. The number of hydrogen-bond donors (Lipinski definition) is 0. The molecule has 0 spiro atoms. The molecular formula is C22H20ClFN4O2. The van der Waals surface area contributed by atoms with E-state index in [9.17, 15) is 14.0 Å². The van der Waals surface area contributed by atoms with Crippen molar-refractivity contribution in [2.75, 3.05) is 0 Å². The highest BCUT2D eigenvalue weighted by Crippen LogP contribution is 2.18. The van der Waals surface area contributed by atoms with Crippen molar-refractivity contribution in [1.29, 1.82) is 0 Å². The van der Waals surface area contributed by atoms with E-state index in [1.807, 2.05) is 13.8 Å². The zero-order chi connectivity index (χ0) is 21.4. The molecule has 0 aliphatic heterocycles. The SMILES string of the molecule is CC(C)Cn1c(=O)c2c(ncn2Cc2ccc(F)cc2)n(-c2cccc(Cl)c2)c1=O. The summed E-state index contributed by atoms with van der Waals surface area (Å²) in [7, 11) is 0. The fourth-order valence-electron chi connectivity index (χ4n) is 3.46. The Morgan fingerprint density at radius 1 is 1.10 bits per heavy atom. The molecule has 0 saturated carbocycles. The van der Waals surface area contributed by atoms with Gasteiger partial charge in [-0.3, -0.25) is 9.36 Å². The van der Waals surface area contributed by atoms with Gasteiger partial charge in [0.1, 0.15) is 5.82 Å². The topological polar surface area (TPSA) is 61.8 Å². The Labute approximate surface area is 176 Å². The van der Waals surface area contributed by atoms with E-state index in [0.29, 0.717) is 22.8 Å². The zero-order valence-corrected chi connectivity index (χ0v) is 17.3. The van der Waals surface area contributed by atoms with Crippen LogP contribution in [0.1, 0.15) is 19.4 Å². The first-order chi connectivity index (χ1) is 14.3. The zero-order valence-electron chi connectivity index (χ0n) is 16.5. The fourth-order valence-corrected chi connectivity index (χ4v) is 3.64. The number of imidazole rings is 1. The van der Waals surface area contributed by atoms with Gasteiger partial charge in [0.2, 0.25) is 0 Å². The van der Waals surface area contributed by atoms with Gasteiger partial charge in [0.25, 0.3) is 5.56 Å². The van der Waals surface area contributed by atoms with E-state index in [-0.39, 0.29) is 23.9 Å². The lowest BCUT2D eigenvalue weighted by Gasteiger charge is -2.14. The molecule has 2 aromatic heterocycles. The summed E-state index contributed by atoms with van der Waals surface area (Å²) in [5, 5.41) is 0.472. The van der Waals surface area contributed by atoms with Crippen LogP contribution in [0.3, 0.4) is 0 Å². The summed E-state index contributed by atoms with van der Waals surface area (Å²) < 4.78 is 17.6. The number of benzene rings is 2. The highest BCUT2D eigenvalue weighted by Gasteiger charge is 2.20. The van der Waals surface area contributed by atoms with Gasteiger partial charge in [-0.2, -0.15) is 0 Å². The summed E-state index contributed by atoms with van der Waals surface area (Å²) in [6.07, 6.45) is 1.52. The van der Waals surface area contributed by atoms with E-state index in [1.165, 1.54) is 27.6 Å². The van der Waals surface area contributed by atoms with Crippen molar-refractivity contribution in [3.05, 3.63) is 92.1 Å². The summed E-state index contributed by atoms with van der Waals surface area (Å²) in [4.78, 5) is 30.9. The van der Waals surface area contributed by atoms with Crippen molar-refractivity contribution in [3.63, 3.8) is 0 Å². The standard InChI is InChI=1S/C22H20ClFN4O2/c1-14(2)11-27-21(29)19-20(28(22(27)30)18-5-3-4-16(23)10-18)25-13-26(19)12-15-6-8-17(24)9-7-15/h3-10,13-14H,11-12H2,1-2H3. The molecule has 8 heteroatoms. The summed E-state index contributed by atoms with van der Waals surface area (Å²) >= 11 is 6.14. The predicted molar refractivity (Wildman–Crippen MR) is 115 cm³/mol. The average molecular weight is 427 g/mol. The number of rotatable bonds is 5. The molecule has 0 amide bonds. The van der Waals surface area contributed by atoms with Gasteiger partial charge in [-0.05, 0) is 41.8 Å². The van der Waals surface area contributed by atoms with Crippen LogP contribution >= 0.6 is 11.6 Å². The third kappa shape index (κ3) is 3.68. The Morgan fingerprint density at radius 2 is 1.83 bits per heavy atom. The molecule has 0 unspecified atom stereocenters. The average Bonchev–Trinajstić information content (AvgIpc) is 3.10. The highest BCUT2D eigenvalue weighted by molar-refractivity contribution is 6.30. The Balaban J connectivity index is 1.99. The molecule has 0 N–H and O–H groups in total. The van der Waals surface area contributed by atoms with Gasteiger partial charge in [-0.15, -0.1) is 0 Å². The number of hydrogen-bond acceptors (Lipinski definition) is 3. The molecule has 154 valence electrons. The maximum absolute atomic E-state index is 13.3. The van der Waals surface area contributed by atoms with E-state index in [2.05, 4.69) is 4.98 Å². The van der Waals surface area contributed by atoms with Crippen LogP contribution in [0.25, 0.3) is 16.9 Å². The number of aromatic nitrogens is 4. The lowest BCUT2D eigenvalue weighted by molar-refractivity contribution is 0.489. The molecule has 0 atom stereocenters. The molecule has 0 aliphatic carbocycles. The molecule has 6 nitrogen and oxygen atoms in total. The first-order valence-corrected chi connectivity index (χ1v) is 9.94. The van der Waals surface area contributed by atoms with Crippen LogP contribution in [0.2, 0.25) is 5.02 Å². The number of fused-ring (bicyclic) bond motifs is 1. The molecule has 0 bridgehead atoms. The monoisotopic (exact) mass is 426 g/mol. The number of nitrogens with zero attached hydrogens (tertiary/aromatic N) is 4. The Morgan fingerprint density at radius 3 is 2.50 bits per heavy atom. The van der Waals surface area contributed by atoms with Gasteiger partial charge in [0.05, 0.1) is 12.0 Å². The lowest BCUT2D eigenvalue weighted by atomic mass is 10.2. The maximum atomic E-state index is 13.3. The molecular weight excluding hydrogens is 407 g/mol. The highest BCUT2D eigenvalue weighted by atomic mass is 35.5. The molecule has 0 fully saturated rings. The van der Waals surface area contributed by atoms with Crippen molar-refractivity contribution in [1.82, 2.24) is 18.7 Å². The second kappa shape index (κ2) is 7.91. The second-order valence-corrected chi connectivity index (χ2v) is 8.02. The minimum atomic E-state index is -0.463. The molecule has 0 saturated heterocycles. The summed E-state index contributed by atoms with van der Waals surface area (Å²) in [6.45, 7) is 4.47. The van der Waals surface area contributed by atoms with Gasteiger partial charge in [-0.1, -0.05) is 43.6 Å². The molecule has 4 rings (SSSR count). The Bertz CT molecular complexity index is 1340. The summed E-state index contributed by atoms with van der Waals surface area (Å²) in [6, 6.07) is 12.9. The van der Waals surface area contributed by atoms with Crippen LogP contribution in [0, 0.1) is 11.7 Å². The van der Waals surface area contributed by atoms with E-state index in [0.717, 1.165) is 5.56 Å². The normalized spacial score (nSPS) is 11.5. The van der Waals surface area contributed by atoms with Crippen molar-refractivity contribution in [2.45, 2.75) is 26.9 Å². The van der Waals surface area contributed by atoms with Gasteiger partial charge in [0, 0.05) is 18.1 Å². The molecule has 0 radical (unpaired) electrons. The quantitative estimate of drug-likeness (QED) is 0.487. The molecule has 2 aromatic carbocycles. The third-order valence-corrected chi connectivity index (χ3v) is 5.02. The minimum Gasteiger partial charge on any atom is -0.320 e. The van der Waals surface area contributed by atoms with E-state index in [4.69, 9.17) is 11.6 Å². The van der Waals surface area contributed by atoms with Crippen LogP contribution in [0.15, 0.2) is 64.4 Å². The molecule has 0 aliphatic rings. The Kier molecular flexibility index (Phi) is 5.30. The Hall–Kier alpha value is -3.19. The third-order valence-electron chi connectivity index (χ3n) is 4.78. The summed E-state index contributed by atoms with van der Waals surface area (Å²) in [5.74, 6) is -0.238. The van der Waals surface area contributed by atoms with Crippen LogP contribution < -0.4 is 11.2 Å². The predicted octanol–water partition coefficient (Wildman–Crippen LogP) is 3.85. The van der Waals surface area contributed by atoms with E-state index >= 15 is 0 Å². The maximum Gasteiger partial charge on any atom is 0.337 e. The van der Waals surface area contributed by atoms with Gasteiger partial charge < -0.3 is 4.57 Å². The van der Waals surface area contributed by atoms with Crippen molar-refractivity contribution in [2.24, 2.45) is 5.92 Å². The van der Waals surface area contributed by atoms with Crippen LogP contribution in [0.4, 0.5) is 4.39 Å². The second-order valence-electron chi connectivity index (χ2n) is 7.58. The van der Waals surface area contributed by atoms with Crippen molar-refractivity contribution < 1.29 is 4.39 Å². The van der Waals surface area contributed by atoms with Gasteiger partial charge in [-0.25, -0.2) is 18.7 Å². The van der Waals surface area contributed by atoms with E-state index < -0.39 is 11.2 Å². The molecule has 2 heterocycles. The summed E-state index contributed by atoms with van der Waals surface area (Å²) in [5.41, 5.74) is 1.04. The first kappa shape index (κ1) is 20.1. The van der Waals surface area contributed by atoms with Crippen LogP contribution in [-0.4, -0.2) is 18.7 Å². The molecule has 4 aromatic rings. The largest absolute Gasteiger partial charge is 0.337 e. The first-order valence-electron chi connectivity index (χ1n) is 9.56. The van der Waals surface area contributed by atoms with Crippen molar-refractivity contribution >= 4 is 22.8 Å². The minimum absolute atomic E-state index is 0.0918. The van der Waals surface area contributed by atoms with Gasteiger partial charge >= 0.3 is 5.69 Å². The van der Waals surface area contributed by atoms with Gasteiger partial charge in [0.15, 0.2) is 11.2 Å². The van der Waals surface area contributed by atoms with Crippen LogP contribution in [0.5, 0.6) is 0 Å². The lowest BCUT2D eigenvalue weighted by Crippen LogP contribution is -2.41.